The SMILES string of the molecule is N#Cc1ccc(NC2CCCCC2)cc1. The number of hydrogen-bond donors (Lipinski definition) is 1. The molecule has 1 saturated carbocycles. The molecule has 2 rings (SSSR count). The molecule has 78 valence electrons. The van der Waals surface area contributed by atoms with Gasteiger partial charge in [0, 0.05) is 11.7 Å². The zero-order valence-electron chi connectivity index (χ0n) is 8.87. The second kappa shape index (κ2) is 4.84. The third-order valence-corrected chi connectivity index (χ3v) is 2.99. The molecule has 15 heavy (non-hydrogen) atoms. The second-order valence-corrected chi connectivity index (χ2v) is 4.17. The van der Waals surface area contributed by atoms with Gasteiger partial charge in [0.05, 0.1) is 11.6 Å². The lowest BCUT2D eigenvalue weighted by Crippen LogP contribution is -2.22. The first-order chi connectivity index (χ1) is 7.38. The van der Waals surface area contributed by atoms with Crippen LogP contribution in [0, 0.1) is 11.3 Å². The van der Waals surface area contributed by atoms with E-state index in [2.05, 4.69) is 11.4 Å². The molecule has 0 amide bonds. The van der Waals surface area contributed by atoms with E-state index in [9.17, 15) is 0 Å². The van der Waals surface area contributed by atoms with Gasteiger partial charge in [0.2, 0.25) is 0 Å². The van der Waals surface area contributed by atoms with E-state index in [-0.39, 0.29) is 0 Å². The third-order valence-electron chi connectivity index (χ3n) is 2.99. The smallest absolute Gasteiger partial charge is 0.0991 e. The average molecular weight is 200 g/mol. The van der Waals surface area contributed by atoms with Gasteiger partial charge in [0.25, 0.3) is 0 Å². The van der Waals surface area contributed by atoms with Crippen LogP contribution in [0.3, 0.4) is 0 Å². The van der Waals surface area contributed by atoms with Crippen molar-refractivity contribution in [3.8, 4) is 6.07 Å². The van der Waals surface area contributed by atoms with E-state index in [0.29, 0.717) is 6.04 Å². The van der Waals surface area contributed by atoms with Gasteiger partial charge in [-0.25, -0.2) is 0 Å². The molecule has 1 aliphatic carbocycles. The van der Waals surface area contributed by atoms with Crippen molar-refractivity contribution in [3.05, 3.63) is 29.8 Å². The number of hydrogen-bond acceptors (Lipinski definition) is 2. The topological polar surface area (TPSA) is 35.8 Å². The molecule has 2 nitrogen and oxygen atoms in total. The molecule has 1 N–H and O–H groups in total. The maximum absolute atomic E-state index is 8.68. The Morgan fingerprint density at radius 1 is 1.07 bits per heavy atom. The van der Waals surface area contributed by atoms with Gasteiger partial charge in [-0.05, 0) is 37.1 Å². The zero-order chi connectivity index (χ0) is 10.5. The summed E-state index contributed by atoms with van der Waals surface area (Å²) in [7, 11) is 0. The van der Waals surface area contributed by atoms with Crippen molar-refractivity contribution in [2.45, 2.75) is 38.1 Å². The zero-order valence-corrected chi connectivity index (χ0v) is 8.87. The maximum Gasteiger partial charge on any atom is 0.0991 e. The summed E-state index contributed by atoms with van der Waals surface area (Å²) in [6.45, 7) is 0. The first-order valence-electron chi connectivity index (χ1n) is 5.65. The summed E-state index contributed by atoms with van der Waals surface area (Å²) in [5, 5.41) is 12.2. The fourth-order valence-electron chi connectivity index (χ4n) is 2.12. The van der Waals surface area contributed by atoms with Crippen molar-refractivity contribution < 1.29 is 0 Å². The summed E-state index contributed by atoms with van der Waals surface area (Å²) in [5.74, 6) is 0. The van der Waals surface area contributed by atoms with E-state index in [1.807, 2.05) is 24.3 Å². The van der Waals surface area contributed by atoms with E-state index in [1.165, 1.54) is 32.1 Å². The Morgan fingerprint density at radius 2 is 1.73 bits per heavy atom. The molecule has 0 radical (unpaired) electrons. The number of benzene rings is 1. The molecule has 0 aliphatic heterocycles. The van der Waals surface area contributed by atoms with Gasteiger partial charge in [-0.1, -0.05) is 19.3 Å². The van der Waals surface area contributed by atoms with Crippen LogP contribution in [0.4, 0.5) is 5.69 Å². The van der Waals surface area contributed by atoms with Crippen LogP contribution in [0.25, 0.3) is 0 Å². The average Bonchev–Trinajstić information content (AvgIpc) is 2.31. The van der Waals surface area contributed by atoms with Crippen LogP contribution >= 0.6 is 0 Å². The Bertz CT molecular complexity index is 342. The maximum atomic E-state index is 8.68. The highest BCUT2D eigenvalue weighted by Gasteiger charge is 2.12. The summed E-state index contributed by atoms with van der Waals surface area (Å²) in [6, 6.07) is 10.5. The lowest BCUT2D eigenvalue weighted by molar-refractivity contribution is 0.463. The fourth-order valence-corrected chi connectivity index (χ4v) is 2.12. The molecule has 0 bridgehead atoms. The van der Waals surface area contributed by atoms with Crippen LogP contribution in [0.15, 0.2) is 24.3 Å². The highest BCUT2D eigenvalue weighted by molar-refractivity contribution is 5.47. The van der Waals surface area contributed by atoms with Crippen molar-refractivity contribution in [2.24, 2.45) is 0 Å². The lowest BCUT2D eigenvalue weighted by Gasteiger charge is -2.23. The van der Waals surface area contributed by atoms with E-state index < -0.39 is 0 Å². The predicted octanol–water partition coefficient (Wildman–Crippen LogP) is 3.30. The second-order valence-electron chi connectivity index (χ2n) is 4.17. The van der Waals surface area contributed by atoms with E-state index in [4.69, 9.17) is 5.26 Å². The molecule has 2 heteroatoms. The van der Waals surface area contributed by atoms with Crippen molar-refractivity contribution in [3.63, 3.8) is 0 Å². The fraction of sp³-hybridized carbons (Fsp3) is 0.462. The van der Waals surface area contributed by atoms with Crippen LogP contribution in [0.1, 0.15) is 37.7 Å². The normalized spacial score (nSPS) is 17.0. The lowest BCUT2D eigenvalue weighted by atomic mass is 9.95. The molecule has 0 spiro atoms. The molecule has 1 fully saturated rings. The summed E-state index contributed by atoms with van der Waals surface area (Å²) >= 11 is 0. The van der Waals surface area contributed by atoms with Gasteiger partial charge in [-0.2, -0.15) is 5.26 Å². The predicted molar refractivity (Wildman–Crippen MR) is 61.7 cm³/mol. The Hall–Kier alpha value is -1.49. The molecule has 0 atom stereocenters. The molecule has 1 aromatic rings. The van der Waals surface area contributed by atoms with E-state index in [0.717, 1.165) is 11.3 Å². The molecule has 0 aromatic heterocycles. The molecule has 0 heterocycles. The molecular weight excluding hydrogens is 184 g/mol. The largest absolute Gasteiger partial charge is 0.382 e. The van der Waals surface area contributed by atoms with Crippen LogP contribution in [-0.2, 0) is 0 Å². The highest BCUT2D eigenvalue weighted by atomic mass is 14.9. The standard InChI is InChI=1S/C13H16N2/c14-10-11-6-8-13(9-7-11)15-12-4-2-1-3-5-12/h6-9,12,15H,1-5H2. The first kappa shape index (κ1) is 10.0. The van der Waals surface area contributed by atoms with E-state index in [1.54, 1.807) is 0 Å². The van der Waals surface area contributed by atoms with Gasteiger partial charge in [-0.15, -0.1) is 0 Å². The van der Waals surface area contributed by atoms with Crippen LogP contribution < -0.4 is 5.32 Å². The summed E-state index contributed by atoms with van der Waals surface area (Å²) in [6.07, 6.45) is 6.62. The van der Waals surface area contributed by atoms with Crippen LogP contribution in [0.2, 0.25) is 0 Å². The van der Waals surface area contributed by atoms with Crippen molar-refractivity contribution in [1.29, 1.82) is 5.26 Å². The molecule has 0 saturated heterocycles. The van der Waals surface area contributed by atoms with Gasteiger partial charge >= 0.3 is 0 Å². The molecule has 1 aromatic carbocycles. The third kappa shape index (κ3) is 2.73. The minimum Gasteiger partial charge on any atom is -0.382 e. The summed E-state index contributed by atoms with van der Waals surface area (Å²) < 4.78 is 0. The Balaban J connectivity index is 1.95. The van der Waals surface area contributed by atoms with Crippen molar-refractivity contribution in [1.82, 2.24) is 0 Å². The Morgan fingerprint density at radius 3 is 2.33 bits per heavy atom. The van der Waals surface area contributed by atoms with Crippen LogP contribution in [-0.4, -0.2) is 6.04 Å². The molecule has 0 unspecified atom stereocenters. The summed E-state index contributed by atoms with van der Waals surface area (Å²) in [4.78, 5) is 0. The number of rotatable bonds is 2. The van der Waals surface area contributed by atoms with Gasteiger partial charge in [0.1, 0.15) is 0 Å². The molecular formula is C13H16N2. The van der Waals surface area contributed by atoms with E-state index >= 15 is 0 Å². The number of nitrogens with zero attached hydrogens (tertiary/aromatic N) is 1. The van der Waals surface area contributed by atoms with Crippen LogP contribution in [0.5, 0.6) is 0 Å². The van der Waals surface area contributed by atoms with Gasteiger partial charge in [-0.3, -0.25) is 0 Å². The quantitative estimate of drug-likeness (QED) is 0.795. The van der Waals surface area contributed by atoms with Gasteiger partial charge < -0.3 is 5.32 Å². The van der Waals surface area contributed by atoms with Crippen molar-refractivity contribution >= 4 is 5.69 Å². The minimum atomic E-state index is 0.631. The number of nitrogens with one attached hydrogen (secondary N) is 1. The monoisotopic (exact) mass is 200 g/mol. The van der Waals surface area contributed by atoms with Gasteiger partial charge in [0.15, 0.2) is 0 Å². The minimum absolute atomic E-state index is 0.631. The summed E-state index contributed by atoms with van der Waals surface area (Å²) in [5.41, 5.74) is 1.87. The highest BCUT2D eigenvalue weighted by Crippen LogP contribution is 2.21. The Kier molecular flexibility index (Phi) is 3.24. The van der Waals surface area contributed by atoms with Crippen molar-refractivity contribution in [2.75, 3.05) is 5.32 Å². The number of nitriles is 1. The first-order valence-corrected chi connectivity index (χ1v) is 5.65. The molecule has 1 aliphatic rings. The Labute approximate surface area is 90.9 Å². The number of anilines is 1.